The van der Waals surface area contributed by atoms with E-state index in [4.69, 9.17) is 9.73 Å². The first kappa shape index (κ1) is 17.0. The topological polar surface area (TPSA) is 46.8 Å². The average molecular weight is 405 g/mol. The van der Waals surface area contributed by atoms with E-state index in [9.17, 15) is 5.11 Å². The Balaban J connectivity index is 2.05. The second kappa shape index (κ2) is 7.79. The Hall–Kier alpha value is -1.89. The first-order chi connectivity index (χ1) is 11.7. The number of aliphatic hydroxyl groups excluding tert-OH is 1. The summed E-state index contributed by atoms with van der Waals surface area (Å²) < 4.78 is 8.27. The van der Waals surface area contributed by atoms with E-state index in [1.165, 1.54) is 0 Å². The standard InChI is InChI=1S/C18H17BrN2O2S/c1-23-16-8-2-13(3-9-16)17-12-24-18(21(17)10-11-22)20-15-6-4-14(19)5-7-15/h2-9,12,22H,10-11H2,1H3. The number of hydrogen-bond donors (Lipinski definition) is 1. The Morgan fingerprint density at radius 1 is 1.12 bits per heavy atom. The fraction of sp³-hybridized carbons (Fsp3) is 0.167. The summed E-state index contributed by atoms with van der Waals surface area (Å²) in [7, 11) is 1.65. The lowest BCUT2D eigenvalue weighted by atomic mass is 10.1. The molecule has 0 spiro atoms. The van der Waals surface area contributed by atoms with Crippen LogP contribution in [0.3, 0.4) is 0 Å². The fourth-order valence-electron chi connectivity index (χ4n) is 2.35. The van der Waals surface area contributed by atoms with Gasteiger partial charge in [-0.15, -0.1) is 11.3 Å². The van der Waals surface area contributed by atoms with Crippen molar-refractivity contribution in [2.75, 3.05) is 13.7 Å². The van der Waals surface area contributed by atoms with Crippen molar-refractivity contribution in [1.82, 2.24) is 4.57 Å². The minimum Gasteiger partial charge on any atom is -0.497 e. The first-order valence-corrected chi connectivity index (χ1v) is 9.12. The quantitative estimate of drug-likeness (QED) is 0.691. The molecule has 6 heteroatoms. The molecule has 0 unspecified atom stereocenters. The largest absolute Gasteiger partial charge is 0.497 e. The number of methoxy groups -OCH3 is 1. The molecular weight excluding hydrogens is 388 g/mol. The van der Waals surface area contributed by atoms with Crippen molar-refractivity contribution in [3.8, 4) is 17.0 Å². The maximum absolute atomic E-state index is 9.43. The molecule has 0 bridgehead atoms. The number of ether oxygens (including phenoxy) is 1. The van der Waals surface area contributed by atoms with E-state index in [-0.39, 0.29) is 6.61 Å². The normalized spacial score (nSPS) is 11.7. The van der Waals surface area contributed by atoms with Crippen molar-refractivity contribution in [2.45, 2.75) is 6.54 Å². The number of nitrogens with zero attached hydrogens (tertiary/aromatic N) is 2. The van der Waals surface area contributed by atoms with Gasteiger partial charge < -0.3 is 14.4 Å². The zero-order chi connectivity index (χ0) is 16.9. The minimum atomic E-state index is 0.0629. The Labute approximate surface area is 152 Å². The van der Waals surface area contributed by atoms with Crippen LogP contribution in [-0.2, 0) is 6.54 Å². The highest BCUT2D eigenvalue weighted by Crippen LogP contribution is 2.23. The summed E-state index contributed by atoms with van der Waals surface area (Å²) in [5.74, 6) is 0.822. The summed E-state index contributed by atoms with van der Waals surface area (Å²) in [4.78, 5) is 5.56. The van der Waals surface area contributed by atoms with Crippen LogP contribution >= 0.6 is 27.3 Å². The highest BCUT2D eigenvalue weighted by Gasteiger charge is 2.08. The molecule has 1 N–H and O–H groups in total. The number of halogens is 1. The van der Waals surface area contributed by atoms with Crippen LogP contribution in [0.4, 0.5) is 5.69 Å². The molecule has 1 aromatic heterocycles. The van der Waals surface area contributed by atoms with E-state index in [0.29, 0.717) is 6.54 Å². The zero-order valence-corrected chi connectivity index (χ0v) is 15.5. The van der Waals surface area contributed by atoms with Gasteiger partial charge in [-0.25, -0.2) is 4.99 Å². The van der Waals surface area contributed by atoms with E-state index in [0.717, 1.165) is 32.0 Å². The predicted molar refractivity (Wildman–Crippen MR) is 101 cm³/mol. The van der Waals surface area contributed by atoms with Gasteiger partial charge in [0.1, 0.15) is 5.75 Å². The number of aliphatic hydroxyl groups is 1. The number of benzene rings is 2. The van der Waals surface area contributed by atoms with Gasteiger partial charge in [-0.2, -0.15) is 0 Å². The average Bonchev–Trinajstić information content (AvgIpc) is 3.00. The van der Waals surface area contributed by atoms with E-state index in [1.807, 2.05) is 53.1 Å². The van der Waals surface area contributed by atoms with Crippen LogP contribution < -0.4 is 9.54 Å². The lowest BCUT2D eigenvalue weighted by Gasteiger charge is -2.08. The summed E-state index contributed by atoms with van der Waals surface area (Å²) in [5, 5.41) is 11.5. The van der Waals surface area contributed by atoms with Crippen molar-refractivity contribution >= 4 is 33.0 Å². The summed E-state index contributed by atoms with van der Waals surface area (Å²) in [6.45, 7) is 0.563. The molecule has 0 atom stereocenters. The van der Waals surface area contributed by atoms with E-state index >= 15 is 0 Å². The number of hydrogen-bond acceptors (Lipinski definition) is 4. The Morgan fingerprint density at radius 2 is 1.83 bits per heavy atom. The third-order valence-electron chi connectivity index (χ3n) is 3.56. The number of rotatable bonds is 5. The lowest BCUT2D eigenvalue weighted by molar-refractivity contribution is 0.275. The molecule has 4 nitrogen and oxygen atoms in total. The summed E-state index contributed by atoms with van der Waals surface area (Å²) >= 11 is 4.99. The molecule has 2 aromatic carbocycles. The van der Waals surface area contributed by atoms with E-state index in [1.54, 1.807) is 18.4 Å². The molecule has 0 aliphatic rings. The predicted octanol–water partition coefficient (Wildman–Crippen LogP) is 4.21. The van der Waals surface area contributed by atoms with E-state index in [2.05, 4.69) is 21.3 Å². The van der Waals surface area contributed by atoms with Crippen molar-refractivity contribution in [3.63, 3.8) is 0 Å². The van der Waals surface area contributed by atoms with Crippen molar-refractivity contribution in [1.29, 1.82) is 0 Å². The third-order valence-corrected chi connectivity index (χ3v) is 4.95. The minimum absolute atomic E-state index is 0.0629. The highest BCUT2D eigenvalue weighted by molar-refractivity contribution is 9.10. The number of thiazole rings is 1. The van der Waals surface area contributed by atoms with Gasteiger partial charge in [-0.1, -0.05) is 15.9 Å². The molecule has 3 aromatic rings. The molecule has 0 fully saturated rings. The summed E-state index contributed by atoms with van der Waals surface area (Å²) in [6, 6.07) is 15.7. The lowest BCUT2D eigenvalue weighted by Crippen LogP contribution is -2.17. The molecule has 0 amide bonds. The number of aromatic nitrogens is 1. The maximum Gasteiger partial charge on any atom is 0.190 e. The molecule has 1 heterocycles. The van der Waals surface area contributed by atoms with Crippen LogP contribution in [0, 0.1) is 0 Å². The van der Waals surface area contributed by atoms with Crippen molar-refractivity contribution < 1.29 is 9.84 Å². The highest BCUT2D eigenvalue weighted by atomic mass is 79.9. The molecule has 0 saturated carbocycles. The maximum atomic E-state index is 9.43. The van der Waals surface area contributed by atoms with Crippen LogP contribution in [0.5, 0.6) is 5.75 Å². The van der Waals surface area contributed by atoms with Crippen molar-refractivity contribution in [3.05, 3.63) is 63.2 Å². The molecule has 0 aliphatic carbocycles. The molecular formula is C18H17BrN2O2S. The second-order valence-corrected chi connectivity index (χ2v) is 6.85. The van der Waals surface area contributed by atoms with Gasteiger partial charge in [0.2, 0.25) is 0 Å². The van der Waals surface area contributed by atoms with Crippen molar-refractivity contribution in [2.24, 2.45) is 4.99 Å². The fourth-order valence-corrected chi connectivity index (χ4v) is 3.57. The van der Waals surface area contributed by atoms with Crippen LogP contribution in [0.25, 0.3) is 11.3 Å². The van der Waals surface area contributed by atoms with Crippen LogP contribution in [0.1, 0.15) is 0 Å². The van der Waals surface area contributed by atoms with Gasteiger partial charge in [0.25, 0.3) is 0 Å². The monoisotopic (exact) mass is 404 g/mol. The van der Waals surface area contributed by atoms with Crippen LogP contribution in [-0.4, -0.2) is 23.4 Å². The molecule has 0 saturated heterocycles. The molecule has 124 valence electrons. The Kier molecular flexibility index (Phi) is 5.50. The van der Waals surface area contributed by atoms with Crippen LogP contribution in [0.15, 0.2) is 63.4 Å². The Bertz CT molecular complexity index is 867. The zero-order valence-electron chi connectivity index (χ0n) is 13.1. The van der Waals surface area contributed by atoms with Gasteiger partial charge in [0.05, 0.1) is 25.1 Å². The Morgan fingerprint density at radius 3 is 2.46 bits per heavy atom. The van der Waals surface area contributed by atoms with Gasteiger partial charge >= 0.3 is 0 Å². The van der Waals surface area contributed by atoms with Crippen LogP contribution in [0.2, 0.25) is 0 Å². The van der Waals surface area contributed by atoms with E-state index < -0.39 is 0 Å². The van der Waals surface area contributed by atoms with Gasteiger partial charge in [-0.05, 0) is 54.1 Å². The third kappa shape index (κ3) is 3.77. The smallest absolute Gasteiger partial charge is 0.190 e. The summed E-state index contributed by atoms with van der Waals surface area (Å²) in [5.41, 5.74) is 2.98. The van der Waals surface area contributed by atoms with Gasteiger partial charge in [-0.3, -0.25) is 0 Å². The molecule has 0 radical (unpaired) electrons. The summed E-state index contributed by atoms with van der Waals surface area (Å²) in [6.07, 6.45) is 0. The first-order valence-electron chi connectivity index (χ1n) is 7.45. The second-order valence-electron chi connectivity index (χ2n) is 5.10. The molecule has 3 rings (SSSR count). The molecule has 24 heavy (non-hydrogen) atoms. The van der Waals surface area contributed by atoms with Gasteiger partial charge in [0, 0.05) is 16.4 Å². The molecule has 0 aliphatic heterocycles. The SMILES string of the molecule is COc1ccc(-c2csc(=Nc3ccc(Br)cc3)n2CCO)cc1. The van der Waals surface area contributed by atoms with Gasteiger partial charge in [0.15, 0.2) is 4.80 Å².